The summed E-state index contributed by atoms with van der Waals surface area (Å²) in [6.45, 7) is 4.46. The second kappa shape index (κ2) is 11.3. The molecule has 0 fully saturated rings. The molecule has 0 saturated heterocycles. The van der Waals surface area contributed by atoms with Gasteiger partial charge in [-0.25, -0.2) is 4.98 Å². The molecular formula is C12H22N2O4S. The molecule has 19 heavy (non-hydrogen) atoms. The van der Waals surface area contributed by atoms with Crippen LogP contribution in [0.5, 0.6) is 0 Å². The molecule has 0 amide bonds. The molecule has 0 saturated carbocycles. The van der Waals surface area contributed by atoms with E-state index < -0.39 is 0 Å². The highest BCUT2D eigenvalue weighted by Crippen LogP contribution is 2.09. The lowest BCUT2D eigenvalue weighted by atomic mass is 10.5. The van der Waals surface area contributed by atoms with Crippen LogP contribution in [0.3, 0.4) is 0 Å². The molecule has 7 heteroatoms. The molecule has 110 valence electrons. The Bertz CT molecular complexity index is 322. The highest BCUT2D eigenvalue weighted by atomic mass is 32.1. The lowest BCUT2D eigenvalue weighted by Gasteiger charge is -2.05. The molecule has 1 aromatic heterocycles. The summed E-state index contributed by atoms with van der Waals surface area (Å²) in [7, 11) is 1.65. The predicted octanol–water partition coefficient (Wildman–Crippen LogP) is 0.798. The first-order chi connectivity index (χ1) is 9.36. The zero-order valence-electron chi connectivity index (χ0n) is 11.3. The number of aromatic nitrogens is 1. The van der Waals surface area contributed by atoms with Gasteiger partial charge in [0.1, 0.15) is 5.01 Å². The van der Waals surface area contributed by atoms with E-state index in [-0.39, 0.29) is 0 Å². The lowest BCUT2D eigenvalue weighted by molar-refractivity contribution is 0.000513. The van der Waals surface area contributed by atoms with Gasteiger partial charge >= 0.3 is 0 Å². The highest BCUT2D eigenvalue weighted by Gasteiger charge is 2.00. The lowest BCUT2D eigenvalue weighted by Crippen LogP contribution is -2.11. The van der Waals surface area contributed by atoms with Crippen molar-refractivity contribution in [3.05, 3.63) is 16.1 Å². The minimum Gasteiger partial charge on any atom is -0.382 e. The van der Waals surface area contributed by atoms with Gasteiger partial charge < -0.3 is 24.7 Å². The zero-order chi connectivity index (χ0) is 13.8. The predicted molar refractivity (Wildman–Crippen MR) is 73.2 cm³/mol. The monoisotopic (exact) mass is 290 g/mol. The van der Waals surface area contributed by atoms with Crippen molar-refractivity contribution in [3.63, 3.8) is 0 Å². The van der Waals surface area contributed by atoms with Crippen molar-refractivity contribution in [1.29, 1.82) is 0 Å². The Kier molecular flexibility index (Phi) is 9.78. The van der Waals surface area contributed by atoms with Crippen molar-refractivity contribution in [3.8, 4) is 0 Å². The molecule has 0 aromatic carbocycles. The van der Waals surface area contributed by atoms with Crippen LogP contribution in [0.2, 0.25) is 0 Å². The van der Waals surface area contributed by atoms with Crippen LogP contribution in [0, 0.1) is 0 Å². The quantitative estimate of drug-likeness (QED) is 0.574. The summed E-state index contributed by atoms with van der Waals surface area (Å²) < 4.78 is 20.9. The summed E-state index contributed by atoms with van der Waals surface area (Å²) in [5.41, 5.74) is 6.41. The van der Waals surface area contributed by atoms with Crippen LogP contribution >= 0.6 is 11.3 Å². The van der Waals surface area contributed by atoms with Crippen LogP contribution in [0.15, 0.2) is 5.38 Å². The Labute approximate surface area is 117 Å². The number of nitrogens with zero attached hydrogens (tertiary/aromatic N) is 1. The normalized spacial score (nSPS) is 11.1. The molecule has 1 aromatic rings. The van der Waals surface area contributed by atoms with Gasteiger partial charge in [0.05, 0.1) is 51.9 Å². The second-order valence-corrected chi connectivity index (χ2v) is 4.65. The Morgan fingerprint density at radius 3 is 2.26 bits per heavy atom. The molecule has 6 nitrogen and oxygen atoms in total. The molecule has 2 N–H and O–H groups in total. The molecule has 0 unspecified atom stereocenters. The second-order valence-electron chi connectivity index (χ2n) is 3.71. The SMILES string of the molecule is COCCOCCOCCOCc1csc(CN)n1. The molecule has 0 bridgehead atoms. The summed E-state index contributed by atoms with van der Waals surface area (Å²) in [6, 6.07) is 0. The van der Waals surface area contributed by atoms with Crippen LogP contribution < -0.4 is 5.73 Å². The van der Waals surface area contributed by atoms with Crippen molar-refractivity contribution >= 4 is 11.3 Å². The summed E-state index contributed by atoms with van der Waals surface area (Å²) in [4.78, 5) is 4.30. The summed E-state index contributed by atoms with van der Waals surface area (Å²) >= 11 is 1.56. The van der Waals surface area contributed by atoms with Gasteiger partial charge in [-0.1, -0.05) is 0 Å². The first-order valence-corrected chi connectivity index (χ1v) is 7.10. The summed E-state index contributed by atoms with van der Waals surface area (Å²) in [5.74, 6) is 0. The van der Waals surface area contributed by atoms with E-state index >= 15 is 0 Å². The molecule has 0 atom stereocenters. The number of nitrogens with two attached hydrogens (primary N) is 1. The molecule has 1 heterocycles. The summed E-state index contributed by atoms with van der Waals surface area (Å²) in [5, 5.41) is 2.90. The van der Waals surface area contributed by atoms with Crippen molar-refractivity contribution in [2.24, 2.45) is 5.73 Å². The number of methoxy groups -OCH3 is 1. The average Bonchev–Trinajstić information content (AvgIpc) is 2.89. The van der Waals surface area contributed by atoms with Gasteiger partial charge in [0, 0.05) is 19.0 Å². The van der Waals surface area contributed by atoms with E-state index in [1.54, 1.807) is 18.4 Å². The Morgan fingerprint density at radius 1 is 1.05 bits per heavy atom. The third-order valence-electron chi connectivity index (χ3n) is 2.20. The maximum atomic E-state index is 5.48. The van der Waals surface area contributed by atoms with E-state index in [0.29, 0.717) is 52.8 Å². The van der Waals surface area contributed by atoms with E-state index in [4.69, 9.17) is 24.7 Å². The van der Waals surface area contributed by atoms with E-state index in [0.717, 1.165) is 10.7 Å². The molecule has 0 radical (unpaired) electrons. The molecule has 0 aliphatic carbocycles. The fourth-order valence-corrected chi connectivity index (χ4v) is 1.93. The smallest absolute Gasteiger partial charge is 0.107 e. The first-order valence-electron chi connectivity index (χ1n) is 6.22. The first kappa shape index (κ1) is 16.5. The van der Waals surface area contributed by atoms with Gasteiger partial charge in [-0.3, -0.25) is 0 Å². The van der Waals surface area contributed by atoms with Crippen molar-refractivity contribution < 1.29 is 18.9 Å². The fraction of sp³-hybridized carbons (Fsp3) is 0.750. The van der Waals surface area contributed by atoms with Crippen LogP contribution in [-0.4, -0.2) is 51.7 Å². The minimum absolute atomic E-state index is 0.483. The highest BCUT2D eigenvalue weighted by molar-refractivity contribution is 7.09. The Morgan fingerprint density at radius 2 is 1.68 bits per heavy atom. The number of rotatable bonds is 12. The van der Waals surface area contributed by atoms with E-state index in [1.165, 1.54) is 0 Å². The van der Waals surface area contributed by atoms with Crippen molar-refractivity contribution in [2.45, 2.75) is 13.2 Å². The van der Waals surface area contributed by atoms with E-state index in [9.17, 15) is 0 Å². The van der Waals surface area contributed by atoms with Gasteiger partial charge in [-0.15, -0.1) is 11.3 Å². The maximum Gasteiger partial charge on any atom is 0.107 e. The zero-order valence-corrected chi connectivity index (χ0v) is 12.1. The largest absolute Gasteiger partial charge is 0.382 e. The van der Waals surface area contributed by atoms with Crippen molar-refractivity contribution in [1.82, 2.24) is 4.98 Å². The fourth-order valence-electron chi connectivity index (χ4n) is 1.27. The van der Waals surface area contributed by atoms with Crippen molar-refractivity contribution in [2.75, 3.05) is 46.8 Å². The molecule has 0 aliphatic heterocycles. The number of hydrogen-bond donors (Lipinski definition) is 1. The third kappa shape index (κ3) is 8.25. The van der Waals surface area contributed by atoms with Gasteiger partial charge in [-0.05, 0) is 0 Å². The molecule has 1 rings (SSSR count). The van der Waals surface area contributed by atoms with Crippen LogP contribution in [0.25, 0.3) is 0 Å². The van der Waals surface area contributed by atoms with Gasteiger partial charge in [0.2, 0.25) is 0 Å². The van der Waals surface area contributed by atoms with Gasteiger partial charge in [0.25, 0.3) is 0 Å². The molecule has 0 aliphatic rings. The molecular weight excluding hydrogens is 268 g/mol. The van der Waals surface area contributed by atoms with Crippen LogP contribution in [-0.2, 0) is 32.1 Å². The van der Waals surface area contributed by atoms with Crippen LogP contribution in [0.1, 0.15) is 10.7 Å². The maximum absolute atomic E-state index is 5.48. The Hall–Kier alpha value is -0.570. The minimum atomic E-state index is 0.483. The molecule has 0 spiro atoms. The van der Waals surface area contributed by atoms with Crippen LogP contribution in [0.4, 0.5) is 0 Å². The Balaban J connectivity index is 1.86. The topological polar surface area (TPSA) is 75.8 Å². The number of thiazole rings is 1. The van der Waals surface area contributed by atoms with E-state index in [1.807, 2.05) is 5.38 Å². The van der Waals surface area contributed by atoms with E-state index in [2.05, 4.69) is 4.98 Å². The number of hydrogen-bond acceptors (Lipinski definition) is 7. The van der Waals surface area contributed by atoms with Gasteiger partial charge in [-0.2, -0.15) is 0 Å². The summed E-state index contributed by atoms with van der Waals surface area (Å²) in [6.07, 6.45) is 0. The number of ether oxygens (including phenoxy) is 4. The third-order valence-corrected chi connectivity index (χ3v) is 3.12. The average molecular weight is 290 g/mol. The van der Waals surface area contributed by atoms with Gasteiger partial charge in [0.15, 0.2) is 0 Å². The standard InChI is InChI=1S/C12H22N2O4S/c1-15-2-3-16-4-5-17-6-7-18-9-11-10-19-12(8-13)14-11/h10H,2-9,13H2,1H3.